The van der Waals surface area contributed by atoms with Crippen LogP contribution in [0.1, 0.15) is 44.3 Å². The number of nitrogens with zero attached hydrogens (tertiary/aromatic N) is 3. The van der Waals surface area contributed by atoms with Crippen molar-refractivity contribution in [3.63, 3.8) is 0 Å². The molecule has 1 N–H and O–H groups in total. The first-order chi connectivity index (χ1) is 10.7. The fourth-order valence-electron chi connectivity index (χ4n) is 3.21. The third-order valence-electron chi connectivity index (χ3n) is 4.30. The van der Waals surface area contributed by atoms with E-state index in [0.717, 1.165) is 29.1 Å². The van der Waals surface area contributed by atoms with Gasteiger partial charge in [-0.2, -0.15) is 0 Å². The molecule has 1 aliphatic rings. The van der Waals surface area contributed by atoms with E-state index in [2.05, 4.69) is 42.5 Å². The highest BCUT2D eigenvalue weighted by atomic mass is 15.1. The van der Waals surface area contributed by atoms with Gasteiger partial charge in [-0.3, -0.25) is 0 Å². The van der Waals surface area contributed by atoms with Crippen molar-refractivity contribution in [2.45, 2.75) is 51.1 Å². The van der Waals surface area contributed by atoms with Crippen LogP contribution < -0.4 is 5.32 Å². The maximum absolute atomic E-state index is 4.80. The van der Waals surface area contributed by atoms with Crippen LogP contribution in [-0.4, -0.2) is 35.0 Å². The highest BCUT2D eigenvalue weighted by molar-refractivity contribution is 5.89. The minimum Gasteiger partial charge on any atom is -0.367 e. The number of para-hydroxylation sites is 1. The molecule has 0 saturated heterocycles. The molecule has 3 rings (SSSR count). The lowest BCUT2D eigenvalue weighted by Gasteiger charge is -2.19. The Morgan fingerprint density at radius 2 is 1.77 bits per heavy atom. The number of hydrogen-bond donors (Lipinski definition) is 1. The number of rotatable bonds is 4. The number of aromatic nitrogens is 2. The largest absolute Gasteiger partial charge is 0.367 e. The van der Waals surface area contributed by atoms with E-state index in [1.807, 2.05) is 6.07 Å². The molecule has 0 bridgehead atoms. The van der Waals surface area contributed by atoms with Gasteiger partial charge in [0.1, 0.15) is 11.6 Å². The van der Waals surface area contributed by atoms with E-state index in [9.17, 15) is 0 Å². The predicted molar refractivity (Wildman–Crippen MR) is 92.0 cm³/mol. The predicted octanol–water partition coefficient (Wildman–Crippen LogP) is 3.83. The second-order valence-electron chi connectivity index (χ2n) is 6.58. The smallest absolute Gasteiger partial charge is 0.145 e. The number of fused-ring (bicyclic) bond motifs is 1. The lowest BCUT2D eigenvalue weighted by atomic mass is 10.1. The van der Waals surface area contributed by atoms with E-state index in [1.165, 1.54) is 38.5 Å². The zero-order chi connectivity index (χ0) is 15.4. The van der Waals surface area contributed by atoms with Gasteiger partial charge in [-0.1, -0.05) is 37.8 Å². The van der Waals surface area contributed by atoms with Crippen LogP contribution in [0.15, 0.2) is 24.3 Å². The molecule has 0 radical (unpaired) electrons. The first-order valence-corrected chi connectivity index (χ1v) is 8.39. The molecular formula is C18H26N4. The SMILES string of the molecule is CN(C)Cc1nc(NC2CCCCCC2)c2ccccc2n1. The molecule has 0 atom stereocenters. The summed E-state index contributed by atoms with van der Waals surface area (Å²) in [6.07, 6.45) is 7.89. The quantitative estimate of drug-likeness (QED) is 0.871. The molecule has 0 amide bonds. The van der Waals surface area contributed by atoms with Crippen LogP contribution in [-0.2, 0) is 6.54 Å². The topological polar surface area (TPSA) is 41.1 Å². The van der Waals surface area contributed by atoms with Gasteiger partial charge < -0.3 is 10.2 Å². The van der Waals surface area contributed by atoms with Crippen LogP contribution in [0.5, 0.6) is 0 Å². The highest BCUT2D eigenvalue weighted by Crippen LogP contribution is 2.25. The average Bonchev–Trinajstić information content (AvgIpc) is 2.75. The Morgan fingerprint density at radius 1 is 1.05 bits per heavy atom. The Labute approximate surface area is 133 Å². The van der Waals surface area contributed by atoms with Crippen molar-refractivity contribution < 1.29 is 0 Å². The number of hydrogen-bond acceptors (Lipinski definition) is 4. The molecular weight excluding hydrogens is 272 g/mol. The molecule has 1 aromatic carbocycles. The Balaban J connectivity index is 1.91. The summed E-state index contributed by atoms with van der Waals surface area (Å²) in [5.74, 6) is 1.90. The van der Waals surface area contributed by atoms with Crippen molar-refractivity contribution in [1.29, 1.82) is 0 Å². The summed E-state index contributed by atoms with van der Waals surface area (Å²) in [5.41, 5.74) is 1.03. The van der Waals surface area contributed by atoms with Gasteiger partial charge >= 0.3 is 0 Å². The van der Waals surface area contributed by atoms with Gasteiger partial charge in [0.15, 0.2) is 0 Å². The minimum absolute atomic E-state index is 0.549. The molecule has 1 fully saturated rings. The molecule has 2 aromatic rings. The van der Waals surface area contributed by atoms with E-state index < -0.39 is 0 Å². The van der Waals surface area contributed by atoms with Gasteiger partial charge in [0, 0.05) is 11.4 Å². The lowest BCUT2D eigenvalue weighted by molar-refractivity contribution is 0.391. The zero-order valence-corrected chi connectivity index (χ0v) is 13.7. The fourth-order valence-corrected chi connectivity index (χ4v) is 3.21. The van der Waals surface area contributed by atoms with Gasteiger partial charge in [-0.25, -0.2) is 9.97 Å². The zero-order valence-electron chi connectivity index (χ0n) is 13.7. The molecule has 1 saturated carbocycles. The number of anilines is 1. The Morgan fingerprint density at radius 3 is 2.50 bits per heavy atom. The monoisotopic (exact) mass is 298 g/mol. The van der Waals surface area contributed by atoms with E-state index >= 15 is 0 Å². The molecule has 1 aromatic heterocycles. The van der Waals surface area contributed by atoms with Crippen LogP contribution in [0.2, 0.25) is 0 Å². The molecule has 0 unspecified atom stereocenters. The van der Waals surface area contributed by atoms with Crippen LogP contribution in [0.25, 0.3) is 10.9 Å². The second kappa shape index (κ2) is 7.05. The lowest BCUT2D eigenvalue weighted by Crippen LogP contribution is -2.21. The Hall–Kier alpha value is -1.68. The van der Waals surface area contributed by atoms with Crippen molar-refractivity contribution in [3.05, 3.63) is 30.1 Å². The second-order valence-corrected chi connectivity index (χ2v) is 6.58. The third kappa shape index (κ3) is 3.74. The summed E-state index contributed by atoms with van der Waals surface area (Å²) in [5, 5.41) is 4.84. The summed E-state index contributed by atoms with van der Waals surface area (Å²) >= 11 is 0. The van der Waals surface area contributed by atoms with Crippen LogP contribution in [0, 0.1) is 0 Å². The van der Waals surface area contributed by atoms with E-state index in [-0.39, 0.29) is 0 Å². The molecule has 1 aliphatic carbocycles. The normalized spacial score (nSPS) is 16.9. The average molecular weight is 298 g/mol. The summed E-state index contributed by atoms with van der Waals surface area (Å²) in [6, 6.07) is 8.86. The van der Waals surface area contributed by atoms with Gasteiger partial charge in [0.25, 0.3) is 0 Å². The number of benzene rings is 1. The maximum atomic E-state index is 4.80. The van der Waals surface area contributed by atoms with E-state index in [4.69, 9.17) is 9.97 Å². The van der Waals surface area contributed by atoms with E-state index in [1.54, 1.807) is 0 Å². The third-order valence-corrected chi connectivity index (χ3v) is 4.30. The molecule has 0 aliphatic heterocycles. The van der Waals surface area contributed by atoms with Gasteiger partial charge in [-0.15, -0.1) is 0 Å². The molecule has 1 heterocycles. The molecule has 22 heavy (non-hydrogen) atoms. The first kappa shape index (κ1) is 15.2. The highest BCUT2D eigenvalue weighted by Gasteiger charge is 2.15. The van der Waals surface area contributed by atoms with Crippen molar-refractivity contribution in [1.82, 2.24) is 14.9 Å². The molecule has 4 nitrogen and oxygen atoms in total. The summed E-state index contributed by atoms with van der Waals surface area (Å²) < 4.78 is 0. The van der Waals surface area contributed by atoms with E-state index in [0.29, 0.717) is 6.04 Å². The van der Waals surface area contributed by atoms with Crippen LogP contribution in [0.4, 0.5) is 5.82 Å². The van der Waals surface area contributed by atoms with Crippen molar-refractivity contribution in [2.24, 2.45) is 0 Å². The summed E-state index contributed by atoms with van der Waals surface area (Å²) in [7, 11) is 4.11. The number of nitrogens with one attached hydrogen (secondary N) is 1. The molecule has 0 spiro atoms. The Bertz CT molecular complexity index is 616. The maximum Gasteiger partial charge on any atom is 0.145 e. The molecule has 4 heteroatoms. The molecule has 118 valence electrons. The van der Waals surface area contributed by atoms with Gasteiger partial charge in [0.05, 0.1) is 12.1 Å². The summed E-state index contributed by atoms with van der Waals surface area (Å²) in [4.78, 5) is 11.6. The van der Waals surface area contributed by atoms with Crippen molar-refractivity contribution in [2.75, 3.05) is 19.4 Å². The van der Waals surface area contributed by atoms with Gasteiger partial charge in [-0.05, 0) is 39.1 Å². The van der Waals surface area contributed by atoms with Gasteiger partial charge in [0.2, 0.25) is 0 Å². The van der Waals surface area contributed by atoms with Crippen molar-refractivity contribution in [3.8, 4) is 0 Å². The summed E-state index contributed by atoms with van der Waals surface area (Å²) in [6.45, 7) is 0.768. The van der Waals surface area contributed by atoms with Crippen LogP contribution in [0.3, 0.4) is 0 Å². The van der Waals surface area contributed by atoms with Crippen LogP contribution >= 0.6 is 0 Å². The standard InChI is InChI=1S/C18H26N4/c1-22(2)13-17-20-16-12-8-7-11-15(16)18(21-17)19-14-9-5-3-4-6-10-14/h7-8,11-12,14H,3-6,9-10,13H2,1-2H3,(H,19,20,21). The van der Waals surface area contributed by atoms with Crippen molar-refractivity contribution >= 4 is 16.7 Å². The first-order valence-electron chi connectivity index (χ1n) is 8.39. The minimum atomic E-state index is 0.549. The fraction of sp³-hybridized carbons (Fsp3) is 0.556. The Kier molecular flexibility index (Phi) is 4.88.